The van der Waals surface area contributed by atoms with Crippen LogP contribution in [0, 0.1) is 18.8 Å². The molecule has 0 aliphatic carbocycles. The van der Waals surface area contributed by atoms with Crippen LogP contribution in [0.4, 0.5) is 0 Å². The maximum atomic E-state index is 4.44. The summed E-state index contributed by atoms with van der Waals surface area (Å²) in [6.07, 6.45) is 2.17. The van der Waals surface area contributed by atoms with Gasteiger partial charge in [-0.3, -0.25) is 9.89 Å². The van der Waals surface area contributed by atoms with E-state index >= 15 is 0 Å². The van der Waals surface area contributed by atoms with Crippen molar-refractivity contribution in [2.24, 2.45) is 16.8 Å². The van der Waals surface area contributed by atoms with Crippen molar-refractivity contribution in [2.75, 3.05) is 26.7 Å². The van der Waals surface area contributed by atoms with Crippen molar-refractivity contribution < 1.29 is 0 Å². The van der Waals surface area contributed by atoms with E-state index in [2.05, 4.69) is 56.1 Å². The molecule has 1 aromatic rings. The molecule has 0 spiro atoms. The maximum Gasteiger partial charge on any atom is 0.191 e. The lowest BCUT2D eigenvalue weighted by Crippen LogP contribution is -2.48. The van der Waals surface area contributed by atoms with Gasteiger partial charge in [0.1, 0.15) is 11.6 Å². The van der Waals surface area contributed by atoms with Gasteiger partial charge in [-0.25, -0.2) is 0 Å². The standard InChI is InChI=1S/C18H33N7.HI/c1-12(2)24-9-13(3)16(11-24)21-18(19-5)20-8-15-6-7-17-23-22-14(4)25(17)10-15;/h12-13,15-16H,6-11H2,1-5H3,(H2,19,20,21);1H. The molecule has 0 amide bonds. The highest BCUT2D eigenvalue weighted by Gasteiger charge is 2.31. The zero-order chi connectivity index (χ0) is 18.0. The van der Waals surface area contributed by atoms with E-state index < -0.39 is 0 Å². The first-order valence-corrected chi connectivity index (χ1v) is 9.57. The molecule has 2 N–H and O–H groups in total. The van der Waals surface area contributed by atoms with Gasteiger partial charge in [0.2, 0.25) is 0 Å². The highest BCUT2D eigenvalue weighted by Crippen LogP contribution is 2.20. The number of nitrogens with zero attached hydrogens (tertiary/aromatic N) is 5. The lowest BCUT2D eigenvalue weighted by Gasteiger charge is -2.26. The van der Waals surface area contributed by atoms with E-state index in [9.17, 15) is 0 Å². The van der Waals surface area contributed by atoms with Gasteiger partial charge in [0.25, 0.3) is 0 Å². The van der Waals surface area contributed by atoms with E-state index in [0.29, 0.717) is 23.9 Å². The van der Waals surface area contributed by atoms with Crippen LogP contribution in [0.5, 0.6) is 0 Å². The smallest absolute Gasteiger partial charge is 0.191 e. The molecule has 2 aliphatic heterocycles. The van der Waals surface area contributed by atoms with Crippen LogP contribution < -0.4 is 10.6 Å². The predicted molar refractivity (Wildman–Crippen MR) is 116 cm³/mol. The molecular weight excluding hydrogens is 441 g/mol. The number of hydrogen-bond acceptors (Lipinski definition) is 4. The molecule has 3 atom stereocenters. The Kier molecular flexibility index (Phi) is 7.69. The van der Waals surface area contributed by atoms with E-state index in [-0.39, 0.29) is 24.0 Å². The van der Waals surface area contributed by atoms with Crippen LogP contribution in [0.1, 0.15) is 38.8 Å². The summed E-state index contributed by atoms with van der Waals surface area (Å²) in [7, 11) is 1.86. The third kappa shape index (κ3) is 4.88. The number of likely N-dealkylation sites (tertiary alicyclic amines) is 1. The number of aromatic nitrogens is 3. The van der Waals surface area contributed by atoms with Gasteiger partial charge in [-0.2, -0.15) is 0 Å². The van der Waals surface area contributed by atoms with E-state index in [1.165, 1.54) is 0 Å². The van der Waals surface area contributed by atoms with Gasteiger partial charge in [0.15, 0.2) is 5.96 Å². The Morgan fingerprint density at radius 2 is 2.04 bits per heavy atom. The zero-order valence-corrected chi connectivity index (χ0v) is 19.0. The van der Waals surface area contributed by atoms with E-state index in [1.807, 2.05) is 14.0 Å². The van der Waals surface area contributed by atoms with Gasteiger partial charge in [-0.15, -0.1) is 34.2 Å². The fourth-order valence-corrected chi connectivity index (χ4v) is 3.92. The number of nitrogens with one attached hydrogen (secondary N) is 2. The van der Waals surface area contributed by atoms with Crippen LogP contribution in [0.2, 0.25) is 0 Å². The molecule has 3 heterocycles. The van der Waals surface area contributed by atoms with Crippen LogP contribution in [0.15, 0.2) is 4.99 Å². The molecule has 3 rings (SSSR count). The van der Waals surface area contributed by atoms with Gasteiger partial charge >= 0.3 is 0 Å². The Bertz CT molecular complexity index is 613. The third-order valence-electron chi connectivity index (χ3n) is 5.70. The van der Waals surface area contributed by atoms with E-state index in [1.54, 1.807) is 0 Å². The molecule has 0 aromatic carbocycles. The molecule has 0 saturated carbocycles. The Hall–Kier alpha value is -0.900. The second-order valence-electron chi connectivity index (χ2n) is 7.91. The summed E-state index contributed by atoms with van der Waals surface area (Å²) in [5, 5.41) is 15.6. The van der Waals surface area contributed by atoms with E-state index in [0.717, 1.165) is 56.6 Å². The van der Waals surface area contributed by atoms with Crippen molar-refractivity contribution in [3.05, 3.63) is 11.6 Å². The number of fused-ring (bicyclic) bond motifs is 1. The normalized spacial score (nSPS) is 26.5. The van der Waals surface area contributed by atoms with Crippen LogP contribution in [0.25, 0.3) is 0 Å². The molecule has 26 heavy (non-hydrogen) atoms. The van der Waals surface area contributed by atoms with Crippen molar-refractivity contribution in [2.45, 2.75) is 59.2 Å². The molecule has 1 aromatic heterocycles. The number of rotatable bonds is 4. The summed E-state index contributed by atoms with van der Waals surface area (Å²) in [5.41, 5.74) is 0. The first-order chi connectivity index (χ1) is 12.0. The zero-order valence-electron chi connectivity index (χ0n) is 16.7. The van der Waals surface area contributed by atoms with E-state index in [4.69, 9.17) is 0 Å². The summed E-state index contributed by atoms with van der Waals surface area (Å²) in [5.74, 6) is 4.31. The lowest BCUT2D eigenvalue weighted by molar-refractivity contribution is 0.265. The summed E-state index contributed by atoms with van der Waals surface area (Å²) in [6.45, 7) is 13.1. The molecule has 3 unspecified atom stereocenters. The Balaban J connectivity index is 0.00000243. The Morgan fingerprint density at radius 1 is 1.27 bits per heavy atom. The number of hydrogen-bond donors (Lipinski definition) is 2. The highest BCUT2D eigenvalue weighted by molar-refractivity contribution is 14.0. The first-order valence-electron chi connectivity index (χ1n) is 9.57. The first kappa shape index (κ1) is 21.4. The largest absolute Gasteiger partial charge is 0.356 e. The monoisotopic (exact) mass is 475 g/mol. The fourth-order valence-electron chi connectivity index (χ4n) is 3.92. The van der Waals surface area contributed by atoms with Gasteiger partial charge in [0.05, 0.1) is 0 Å². The molecule has 148 valence electrons. The summed E-state index contributed by atoms with van der Waals surface area (Å²) in [6, 6.07) is 1.07. The summed E-state index contributed by atoms with van der Waals surface area (Å²) < 4.78 is 2.26. The molecule has 8 heteroatoms. The third-order valence-corrected chi connectivity index (χ3v) is 5.70. The minimum Gasteiger partial charge on any atom is -0.356 e. The minimum atomic E-state index is 0. The average molecular weight is 475 g/mol. The maximum absolute atomic E-state index is 4.44. The van der Waals surface area contributed by atoms with Gasteiger partial charge in [-0.1, -0.05) is 6.92 Å². The van der Waals surface area contributed by atoms with Crippen LogP contribution >= 0.6 is 24.0 Å². The number of halogens is 1. The number of aryl methyl sites for hydroxylation is 2. The topological polar surface area (TPSA) is 70.4 Å². The van der Waals surface area contributed by atoms with Crippen LogP contribution in [0.3, 0.4) is 0 Å². The second kappa shape index (κ2) is 9.34. The summed E-state index contributed by atoms with van der Waals surface area (Å²) >= 11 is 0. The molecule has 1 fully saturated rings. The van der Waals surface area contributed by atoms with Crippen molar-refractivity contribution in [1.82, 2.24) is 30.3 Å². The Morgan fingerprint density at radius 3 is 2.69 bits per heavy atom. The molecule has 2 aliphatic rings. The van der Waals surface area contributed by atoms with Crippen molar-refractivity contribution in [1.29, 1.82) is 0 Å². The second-order valence-corrected chi connectivity index (χ2v) is 7.91. The lowest BCUT2D eigenvalue weighted by atomic mass is 9.99. The molecule has 7 nitrogen and oxygen atoms in total. The molecule has 0 radical (unpaired) electrons. The van der Waals surface area contributed by atoms with Crippen LogP contribution in [-0.4, -0.2) is 64.4 Å². The summed E-state index contributed by atoms with van der Waals surface area (Å²) in [4.78, 5) is 6.97. The number of guanidine groups is 1. The molecule has 1 saturated heterocycles. The van der Waals surface area contributed by atoms with Crippen molar-refractivity contribution in [3.63, 3.8) is 0 Å². The fraction of sp³-hybridized carbons (Fsp3) is 0.833. The minimum absolute atomic E-state index is 0. The van der Waals surface area contributed by atoms with Gasteiger partial charge in [0, 0.05) is 51.7 Å². The average Bonchev–Trinajstić information content (AvgIpc) is 3.15. The van der Waals surface area contributed by atoms with Crippen LogP contribution in [-0.2, 0) is 13.0 Å². The SMILES string of the molecule is CN=C(NCC1CCc2nnc(C)n2C1)NC1CN(C(C)C)CC1C.I. The van der Waals surface area contributed by atoms with Gasteiger partial charge in [-0.05, 0) is 39.0 Å². The molecule has 0 bridgehead atoms. The quantitative estimate of drug-likeness (QED) is 0.394. The van der Waals surface area contributed by atoms with Crippen molar-refractivity contribution in [3.8, 4) is 0 Å². The molecular formula is C18H34IN7. The van der Waals surface area contributed by atoms with Crippen molar-refractivity contribution >= 4 is 29.9 Å². The highest BCUT2D eigenvalue weighted by atomic mass is 127. The predicted octanol–water partition coefficient (Wildman–Crippen LogP) is 1.66. The Labute approximate surface area is 174 Å². The van der Waals surface area contributed by atoms with Gasteiger partial charge < -0.3 is 15.2 Å². The number of aliphatic imine (C=N–C) groups is 1.